The number of ketones is 1. The number of aromatic nitrogens is 1. The number of Topliss-reactive ketones (excluding diaryl/α,β-unsaturated/α-hetero) is 1. The smallest absolute Gasteiger partial charge is 0.161 e. The Balaban J connectivity index is 1.84. The van der Waals surface area contributed by atoms with Crippen LogP contribution in [0.1, 0.15) is 23.7 Å². The van der Waals surface area contributed by atoms with E-state index in [1.54, 1.807) is 18.3 Å². The van der Waals surface area contributed by atoms with Crippen molar-refractivity contribution in [1.29, 1.82) is 0 Å². The first kappa shape index (κ1) is 16.8. The highest BCUT2D eigenvalue weighted by Crippen LogP contribution is 2.22. The molecule has 0 saturated carbocycles. The van der Waals surface area contributed by atoms with E-state index in [2.05, 4.69) is 25.6 Å². The van der Waals surface area contributed by atoms with Crippen molar-refractivity contribution in [1.82, 2.24) is 4.98 Å². The number of nitrogens with one attached hydrogen (secondary N) is 1. The molecule has 0 aliphatic heterocycles. The summed E-state index contributed by atoms with van der Waals surface area (Å²) >= 11 is 4.84. The van der Waals surface area contributed by atoms with Crippen molar-refractivity contribution in [2.45, 2.75) is 18.2 Å². The van der Waals surface area contributed by atoms with Gasteiger partial charge in [0.2, 0.25) is 0 Å². The van der Waals surface area contributed by atoms with Crippen LogP contribution in [0.3, 0.4) is 0 Å². The van der Waals surface area contributed by atoms with Crippen LogP contribution >= 0.6 is 27.9 Å². The molecule has 22 heavy (non-hydrogen) atoms. The molecule has 1 aromatic heterocycles. The Hall–Kier alpha value is -1.53. The minimum atomic E-state index is 0.0159. The van der Waals surface area contributed by atoms with E-state index in [0.717, 1.165) is 22.4 Å². The number of hydrogen-bond acceptors (Lipinski definition) is 5. The molecule has 2 aromatic rings. The standard InChI is InChI=1S/C16H17BrN2O2S/c1-12(20)13-3-8-16(18-11-13)19-22-15-6-4-14(5-7-15)21-10-2-9-17/h3-8,11H,2,9-10H2,1H3,(H,18,19). The molecule has 0 saturated heterocycles. The predicted molar refractivity (Wildman–Crippen MR) is 94.1 cm³/mol. The highest BCUT2D eigenvalue weighted by atomic mass is 79.9. The third kappa shape index (κ3) is 5.35. The molecule has 0 atom stereocenters. The van der Waals surface area contributed by atoms with Gasteiger partial charge in [0, 0.05) is 22.0 Å². The van der Waals surface area contributed by atoms with Gasteiger partial charge in [-0.2, -0.15) is 0 Å². The summed E-state index contributed by atoms with van der Waals surface area (Å²) in [5, 5.41) is 0.945. The summed E-state index contributed by atoms with van der Waals surface area (Å²) in [6, 6.07) is 11.4. The molecule has 1 aromatic carbocycles. The van der Waals surface area contributed by atoms with Gasteiger partial charge in [-0.25, -0.2) is 4.98 Å². The number of pyridine rings is 1. The number of benzene rings is 1. The lowest BCUT2D eigenvalue weighted by Gasteiger charge is -2.07. The van der Waals surface area contributed by atoms with Gasteiger partial charge in [0.15, 0.2) is 5.78 Å². The second-order valence-corrected chi connectivity index (χ2v) is 6.23. The fraction of sp³-hybridized carbons (Fsp3) is 0.250. The van der Waals surface area contributed by atoms with Crippen molar-refractivity contribution < 1.29 is 9.53 Å². The van der Waals surface area contributed by atoms with Crippen molar-refractivity contribution >= 4 is 39.5 Å². The van der Waals surface area contributed by atoms with Crippen molar-refractivity contribution in [2.24, 2.45) is 0 Å². The maximum absolute atomic E-state index is 11.2. The summed E-state index contributed by atoms with van der Waals surface area (Å²) in [5.74, 6) is 1.60. The van der Waals surface area contributed by atoms with Gasteiger partial charge >= 0.3 is 0 Å². The Morgan fingerprint density at radius 2 is 2.05 bits per heavy atom. The molecule has 0 fully saturated rings. The van der Waals surface area contributed by atoms with Gasteiger partial charge in [0.25, 0.3) is 0 Å². The van der Waals surface area contributed by atoms with E-state index in [0.29, 0.717) is 18.0 Å². The van der Waals surface area contributed by atoms with Crippen LogP contribution in [0.15, 0.2) is 47.5 Å². The van der Waals surface area contributed by atoms with E-state index in [4.69, 9.17) is 4.74 Å². The van der Waals surface area contributed by atoms with Crippen molar-refractivity contribution in [2.75, 3.05) is 16.7 Å². The number of carbonyl (C=O) groups is 1. The zero-order chi connectivity index (χ0) is 15.8. The lowest BCUT2D eigenvalue weighted by atomic mass is 10.2. The first-order valence-electron chi connectivity index (χ1n) is 6.87. The highest BCUT2D eigenvalue weighted by molar-refractivity contribution is 9.09. The molecule has 0 aliphatic rings. The summed E-state index contributed by atoms with van der Waals surface area (Å²) in [7, 11) is 0. The van der Waals surface area contributed by atoms with E-state index in [-0.39, 0.29) is 5.78 Å². The predicted octanol–water partition coefficient (Wildman–Crippen LogP) is 4.57. The summed E-state index contributed by atoms with van der Waals surface area (Å²) in [6.45, 7) is 2.24. The summed E-state index contributed by atoms with van der Waals surface area (Å²) in [6.07, 6.45) is 2.56. The van der Waals surface area contributed by atoms with Gasteiger partial charge in [-0.05, 0) is 61.7 Å². The minimum absolute atomic E-state index is 0.0159. The summed E-state index contributed by atoms with van der Waals surface area (Å²) < 4.78 is 8.74. The van der Waals surface area contributed by atoms with Crippen LogP contribution in [-0.2, 0) is 0 Å². The number of carbonyl (C=O) groups excluding carboxylic acids is 1. The Morgan fingerprint density at radius 1 is 1.27 bits per heavy atom. The first-order valence-corrected chi connectivity index (χ1v) is 8.81. The van der Waals surface area contributed by atoms with Crippen LogP contribution in [0.5, 0.6) is 5.75 Å². The molecule has 116 valence electrons. The van der Waals surface area contributed by atoms with Gasteiger partial charge in [0.05, 0.1) is 6.61 Å². The molecule has 0 unspecified atom stereocenters. The Morgan fingerprint density at radius 3 is 2.64 bits per heavy atom. The second kappa shape index (κ2) is 8.80. The number of halogens is 1. The average molecular weight is 381 g/mol. The van der Waals surface area contributed by atoms with Crippen molar-refractivity contribution in [3.05, 3.63) is 48.2 Å². The number of anilines is 1. The Labute approximate surface area is 142 Å². The molecule has 1 heterocycles. The number of rotatable bonds is 8. The molecule has 0 aliphatic carbocycles. The fourth-order valence-corrected chi connectivity index (χ4v) is 2.47. The van der Waals surface area contributed by atoms with Gasteiger partial charge in [-0.15, -0.1) is 0 Å². The van der Waals surface area contributed by atoms with E-state index < -0.39 is 0 Å². The Kier molecular flexibility index (Phi) is 6.74. The quantitative estimate of drug-likeness (QED) is 0.314. The molecule has 2 rings (SSSR count). The summed E-state index contributed by atoms with van der Waals surface area (Å²) in [5.41, 5.74) is 0.612. The molecular formula is C16H17BrN2O2S. The Bertz CT molecular complexity index is 603. The van der Waals surface area contributed by atoms with Crippen LogP contribution < -0.4 is 9.46 Å². The second-order valence-electron chi connectivity index (χ2n) is 4.55. The molecule has 0 bridgehead atoms. The molecule has 0 radical (unpaired) electrons. The molecule has 6 heteroatoms. The number of nitrogens with zero attached hydrogens (tertiary/aromatic N) is 1. The van der Waals surface area contributed by atoms with E-state index in [9.17, 15) is 4.79 Å². The van der Waals surface area contributed by atoms with Crippen LogP contribution in [0.2, 0.25) is 0 Å². The molecule has 4 nitrogen and oxygen atoms in total. The van der Waals surface area contributed by atoms with Crippen LogP contribution in [0.4, 0.5) is 5.82 Å². The van der Waals surface area contributed by atoms with Crippen LogP contribution in [0, 0.1) is 0 Å². The highest BCUT2D eigenvalue weighted by Gasteiger charge is 2.01. The van der Waals surface area contributed by atoms with Gasteiger partial charge < -0.3 is 9.46 Å². The lowest BCUT2D eigenvalue weighted by molar-refractivity contribution is 0.101. The normalized spacial score (nSPS) is 10.3. The SMILES string of the molecule is CC(=O)c1ccc(NSc2ccc(OCCCBr)cc2)nc1. The average Bonchev–Trinajstić information content (AvgIpc) is 2.55. The van der Waals surface area contributed by atoms with Crippen LogP contribution in [0.25, 0.3) is 0 Å². The van der Waals surface area contributed by atoms with E-state index in [1.807, 2.05) is 24.3 Å². The maximum Gasteiger partial charge on any atom is 0.161 e. The monoisotopic (exact) mass is 380 g/mol. The van der Waals surface area contributed by atoms with E-state index >= 15 is 0 Å². The van der Waals surface area contributed by atoms with Gasteiger partial charge in [-0.1, -0.05) is 15.9 Å². The molecule has 1 N–H and O–H groups in total. The molecule has 0 spiro atoms. The third-order valence-electron chi connectivity index (χ3n) is 2.81. The number of hydrogen-bond donors (Lipinski definition) is 1. The third-order valence-corrected chi connectivity index (χ3v) is 4.19. The zero-order valence-electron chi connectivity index (χ0n) is 12.2. The molecular weight excluding hydrogens is 364 g/mol. The lowest BCUT2D eigenvalue weighted by Crippen LogP contribution is -1.97. The van der Waals surface area contributed by atoms with Gasteiger partial charge in [-0.3, -0.25) is 4.79 Å². The van der Waals surface area contributed by atoms with Crippen molar-refractivity contribution in [3.8, 4) is 5.75 Å². The van der Waals surface area contributed by atoms with E-state index in [1.165, 1.54) is 18.9 Å². The fourth-order valence-electron chi connectivity index (χ4n) is 1.62. The largest absolute Gasteiger partial charge is 0.494 e. The number of alkyl halides is 1. The maximum atomic E-state index is 11.2. The topological polar surface area (TPSA) is 51.2 Å². The van der Waals surface area contributed by atoms with Crippen molar-refractivity contribution in [3.63, 3.8) is 0 Å². The van der Waals surface area contributed by atoms with Crippen LogP contribution in [-0.4, -0.2) is 22.7 Å². The zero-order valence-corrected chi connectivity index (χ0v) is 14.6. The van der Waals surface area contributed by atoms with Gasteiger partial charge in [0.1, 0.15) is 11.6 Å². The minimum Gasteiger partial charge on any atom is -0.494 e. The first-order chi connectivity index (χ1) is 10.7. The number of ether oxygens (including phenoxy) is 1. The summed E-state index contributed by atoms with van der Waals surface area (Å²) in [4.78, 5) is 16.4. The molecule has 0 amide bonds.